The van der Waals surface area contributed by atoms with Crippen LogP contribution < -0.4 is 0 Å². The lowest BCUT2D eigenvalue weighted by Gasteiger charge is -2.11. The van der Waals surface area contributed by atoms with Gasteiger partial charge < -0.3 is 0 Å². The first kappa shape index (κ1) is 16.6. The Kier molecular flexibility index (Phi) is 4.41. The lowest BCUT2D eigenvalue weighted by molar-refractivity contribution is -0.138. The Morgan fingerprint density at radius 1 is 1.08 bits per heavy atom. The molecule has 0 radical (unpaired) electrons. The molecule has 0 amide bonds. The molecule has 1 atom stereocenters. The van der Waals surface area contributed by atoms with Crippen molar-refractivity contribution in [1.82, 2.24) is 4.98 Å². The molecular formula is C18H14F3NOS. The molecule has 0 fully saturated rings. The van der Waals surface area contributed by atoms with E-state index in [2.05, 4.69) is 4.98 Å². The number of pyridine rings is 1. The van der Waals surface area contributed by atoms with Gasteiger partial charge in [0.2, 0.25) is 0 Å². The highest BCUT2D eigenvalue weighted by molar-refractivity contribution is 7.84. The predicted octanol–water partition coefficient (Wildman–Crippen LogP) is 4.87. The summed E-state index contributed by atoms with van der Waals surface area (Å²) in [5.74, 6) is 0.207. The van der Waals surface area contributed by atoms with Crippen LogP contribution in [-0.4, -0.2) is 9.19 Å². The van der Waals surface area contributed by atoms with E-state index in [1.165, 1.54) is 13.0 Å². The van der Waals surface area contributed by atoms with Crippen LogP contribution in [-0.2, 0) is 22.7 Å². The van der Waals surface area contributed by atoms with Crippen LogP contribution in [0.25, 0.3) is 10.8 Å². The Morgan fingerprint density at radius 2 is 1.79 bits per heavy atom. The molecule has 0 saturated heterocycles. The Labute approximate surface area is 139 Å². The number of benzene rings is 2. The molecule has 3 rings (SSSR count). The van der Waals surface area contributed by atoms with Gasteiger partial charge in [-0.15, -0.1) is 0 Å². The van der Waals surface area contributed by atoms with Crippen molar-refractivity contribution in [2.75, 3.05) is 0 Å². The first-order valence-corrected chi connectivity index (χ1v) is 8.57. The fourth-order valence-corrected chi connectivity index (χ4v) is 3.75. The molecular weight excluding hydrogens is 335 g/mol. The number of halogens is 3. The molecule has 6 heteroatoms. The summed E-state index contributed by atoms with van der Waals surface area (Å²) in [4.78, 5) is 3.76. The second-order valence-corrected chi connectivity index (χ2v) is 6.86. The number of hydrogen-bond donors (Lipinski definition) is 0. The highest BCUT2D eigenvalue weighted by Gasteiger charge is 2.33. The van der Waals surface area contributed by atoms with Gasteiger partial charge in [-0.25, -0.2) is 4.98 Å². The summed E-state index contributed by atoms with van der Waals surface area (Å²) in [6.45, 7) is 1.35. The number of alkyl halides is 3. The molecule has 3 aromatic rings. The number of aromatic nitrogens is 1. The predicted molar refractivity (Wildman–Crippen MR) is 88.0 cm³/mol. The SMILES string of the molecule is Cc1cc(S(=O)Cc2cccc3ccccc23)ncc1C(F)(F)F. The van der Waals surface area contributed by atoms with E-state index in [0.29, 0.717) is 0 Å². The van der Waals surface area contributed by atoms with Gasteiger partial charge in [-0.05, 0) is 34.9 Å². The average Bonchev–Trinajstić information content (AvgIpc) is 2.54. The molecule has 0 aliphatic rings. The number of hydrogen-bond acceptors (Lipinski definition) is 2. The third-order valence-electron chi connectivity index (χ3n) is 3.79. The van der Waals surface area contributed by atoms with E-state index in [-0.39, 0.29) is 16.3 Å². The van der Waals surface area contributed by atoms with Crippen molar-refractivity contribution >= 4 is 21.6 Å². The lowest BCUT2D eigenvalue weighted by Crippen LogP contribution is -2.10. The van der Waals surface area contributed by atoms with Crippen LogP contribution in [0.3, 0.4) is 0 Å². The van der Waals surface area contributed by atoms with Crippen LogP contribution >= 0.6 is 0 Å². The summed E-state index contributed by atoms with van der Waals surface area (Å²) in [6, 6.07) is 14.7. The minimum absolute atomic E-state index is 0.0266. The van der Waals surface area contributed by atoms with Crippen LogP contribution in [0.4, 0.5) is 13.2 Å². The normalized spacial score (nSPS) is 13.2. The maximum atomic E-state index is 12.8. The van der Waals surface area contributed by atoms with Crippen LogP contribution in [0.1, 0.15) is 16.7 Å². The Bertz CT molecular complexity index is 916. The van der Waals surface area contributed by atoms with Gasteiger partial charge in [-0.3, -0.25) is 4.21 Å². The van der Waals surface area contributed by atoms with E-state index in [0.717, 1.165) is 22.5 Å². The van der Waals surface area contributed by atoms with E-state index in [4.69, 9.17) is 0 Å². The molecule has 1 unspecified atom stereocenters. The van der Waals surface area contributed by atoms with Gasteiger partial charge in [0.05, 0.1) is 22.1 Å². The first-order chi connectivity index (χ1) is 11.4. The lowest BCUT2D eigenvalue weighted by atomic mass is 10.1. The third kappa shape index (κ3) is 3.33. The van der Waals surface area contributed by atoms with Crippen LogP contribution in [0.5, 0.6) is 0 Å². The van der Waals surface area contributed by atoms with Crippen molar-refractivity contribution in [3.8, 4) is 0 Å². The van der Waals surface area contributed by atoms with Crippen molar-refractivity contribution in [3.05, 3.63) is 71.4 Å². The van der Waals surface area contributed by atoms with Crippen molar-refractivity contribution in [1.29, 1.82) is 0 Å². The Balaban J connectivity index is 1.91. The van der Waals surface area contributed by atoms with E-state index in [1.807, 2.05) is 42.5 Å². The standard InChI is InChI=1S/C18H14F3NOS/c1-12-9-17(22-10-16(12)18(19,20)21)24(23)11-14-7-4-6-13-5-2-3-8-15(13)14/h2-10H,11H2,1H3. The molecule has 0 aliphatic carbocycles. The molecule has 24 heavy (non-hydrogen) atoms. The average molecular weight is 349 g/mol. The summed E-state index contributed by atoms with van der Waals surface area (Å²) >= 11 is 0. The fraction of sp³-hybridized carbons (Fsp3) is 0.167. The van der Waals surface area contributed by atoms with Gasteiger partial charge in [-0.1, -0.05) is 42.5 Å². The van der Waals surface area contributed by atoms with E-state index < -0.39 is 22.5 Å². The van der Waals surface area contributed by atoms with Gasteiger partial charge in [-0.2, -0.15) is 13.2 Å². The number of nitrogens with zero attached hydrogens (tertiary/aromatic N) is 1. The monoisotopic (exact) mass is 349 g/mol. The minimum Gasteiger partial charge on any atom is -0.252 e. The minimum atomic E-state index is -4.45. The molecule has 2 aromatic carbocycles. The first-order valence-electron chi connectivity index (χ1n) is 7.25. The summed E-state index contributed by atoms with van der Waals surface area (Å²) in [5.41, 5.74) is 0.109. The van der Waals surface area contributed by atoms with Gasteiger partial charge in [0, 0.05) is 6.20 Å². The van der Waals surface area contributed by atoms with Crippen LogP contribution in [0.15, 0.2) is 59.8 Å². The third-order valence-corrected chi connectivity index (χ3v) is 5.05. The molecule has 0 spiro atoms. The fourth-order valence-electron chi connectivity index (χ4n) is 2.59. The summed E-state index contributed by atoms with van der Waals surface area (Å²) in [7, 11) is -1.51. The van der Waals surface area contributed by atoms with E-state index in [9.17, 15) is 17.4 Å². The largest absolute Gasteiger partial charge is 0.418 e. The zero-order valence-corrected chi connectivity index (χ0v) is 13.6. The van der Waals surface area contributed by atoms with Crippen LogP contribution in [0.2, 0.25) is 0 Å². The second kappa shape index (κ2) is 6.36. The van der Waals surface area contributed by atoms with Crippen molar-refractivity contribution < 1.29 is 17.4 Å². The van der Waals surface area contributed by atoms with Gasteiger partial charge in [0.15, 0.2) is 0 Å². The number of fused-ring (bicyclic) bond motifs is 1. The maximum Gasteiger partial charge on any atom is 0.418 e. The summed E-state index contributed by atoms with van der Waals surface area (Å²) < 4.78 is 50.9. The zero-order chi connectivity index (χ0) is 17.3. The molecule has 0 saturated carbocycles. The Hall–Kier alpha value is -2.21. The van der Waals surface area contributed by atoms with Crippen molar-refractivity contribution in [2.24, 2.45) is 0 Å². The van der Waals surface area contributed by atoms with Gasteiger partial charge in [0.25, 0.3) is 0 Å². The highest BCUT2D eigenvalue weighted by Crippen LogP contribution is 2.32. The smallest absolute Gasteiger partial charge is 0.252 e. The quantitative estimate of drug-likeness (QED) is 0.675. The Morgan fingerprint density at radius 3 is 2.50 bits per heavy atom. The van der Waals surface area contributed by atoms with Crippen molar-refractivity contribution in [3.63, 3.8) is 0 Å². The molecule has 1 aromatic heterocycles. The van der Waals surface area contributed by atoms with E-state index in [1.54, 1.807) is 0 Å². The van der Waals surface area contributed by atoms with Crippen molar-refractivity contribution in [2.45, 2.75) is 23.9 Å². The molecule has 2 nitrogen and oxygen atoms in total. The highest BCUT2D eigenvalue weighted by atomic mass is 32.2. The van der Waals surface area contributed by atoms with Crippen LogP contribution in [0, 0.1) is 6.92 Å². The molecule has 0 N–H and O–H groups in total. The number of aryl methyl sites for hydroxylation is 1. The van der Waals surface area contributed by atoms with Gasteiger partial charge in [0.1, 0.15) is 5.03 Å². The second-order valence-electron chi connectivity index (χ2n) is 5.46. The topological polar surface area (TPSA) is 30.0 Å². The van der Waals surface area contributed by atoms with Gasteiger partial charge >= 0.3 is 6.18 Å². The summed E-state index contributed by atoms with van der Waals surface area (Å²) in [5, 5.41) is 2.17. The molecule has 1 heterocycles. The zero-order valence-electron chi connectivity index (χ0n) is 12.8. The molecule has 124 valence electrons. The van der Waals surface area contributed by atoms with E-state index >= 15 is 0 Å². The summed E-state index contributed by atoms with van der Waals surface area (Å²) in [6.07, 6.45) is -3.70. The molecule has 0 bridgehead atoms. The maximum absolute atomic E-state index is 12.8. The molecule has 0 aliphatic heterocycles. The number of rotatable bonds is 3.